The van der Waals surface area contributed by atoms with Crippen molar-refractivity contribution in [2.45, 2.75) is 6.10 Å². The van der Waals surface area contributed by atoms with Gasteiger partial charge in [-0.1, -0.05) is 18.7 Å². The summed E-state index contributed by atoms with van der Waals surface area (Å²) in [4.78, 5) is 19.7. The first-order valence-corrected chi connectivity index (χ1v) is 5.67. The van der Waals surface area contributed by atoms with Crippen LogP contribution in [0, 0.1) is 0 Å². The van der Waals surface area contributed by atoms with E-state index in [1.165, 1.54) is 6.20 Å². The Balaban J connectivity index is 2.06. The molecule has 0 fully saturated rings. The summed E-state index contributed by atoms with van der Waals surface area (Å²) in [6, 6.07) is 8.51. The Labute approximate surface area is 110 Å². The zero-order chi connectivity index (χ0) is 13.7. The first-order valence-electron chi connectivity index (χ1n) is 5.67. The van der Waals surface area contributed by atoms with Crippen molar-refractivity contribution < 1.29 is 9.90 Å². The summed E-state index contributed by atoms with van der Waals surface area (Å²) in [6.07, 6.45) is 3.56. The van der Waals surface area contributed by atoms with E-state index < -0.39 is 12.0 Å². The van der Waals surface area contributed by atoms with Crippen LogP contribution in [0.3, 0.4) is 0 Å². The lowest BCUT2D eigenvalue weighted by atomic mass is 10.0. The smallest absolute Gasteiger partial charge is 0.255 e. The van der Waals surface area contributed by atoms with Gasteiger partial charge in [-0.2, -0.15) is 0 Å². The van der Waals surface area contributed by atoms with Crippen molar-refractivity contribution in [3.63, 3.8) is 0 Å². The molecule has 5 nitrogen and oxygen atoms in total. The zero-order valence-electron chi connectivity index (χ0n) is 10.2. The monoisotopic (exact) mass is 255 g/mol. The van der Waals surface area contributed by atoms with E-state index in [1.54, 1.807) is 42.7 Å². The van der Waals surface area contributed by atoms with Crippen LogP contribution in [0.4, 0.5) is 5.82 Å². The lowest BCUT2D eigenvalue weighted by Crippen LogP contribution is -2.19. The highest BCUT2D eigenvalue weighted by molar-refractivity contribution is 6.03. The van der Waals surface area contributed by atoms with E-state index in [9.17, 15) is 9.90 Å². The van der Waals surface area contributed by atoms with Crippen molar-refractivity contribution in [1.82, 2.24) is 9.97 Å². The van der Waals surface area contributed by atoms with E-state index in [0.717, 1.165) is 0 Å². The molecule has 0 radical (unpaired) electrons. The zero-order valence-corrected chi connectivity index (χ0v) is 10.2. The van der Waals surface area contributed by atoms with Gasteiger partial charge in [-0.3, -0.25) is 9.78 Å². The standard InChI is InChI=1S/C14H13N3O2/c1-10(13(18)11-5-4-7-15-9-11)14(19)17-12-6-2-3-8-16-12/h2-9,13,18H,1H2,(H,16,17,19). The van der Waals surface area contributed by atoms with Gasteiger partial charge in [0.1, 0.15) is 11.9 Å². The average molecular weight is 255 g/mol. The lowest BCUT2D eigenvalue weighted by Gasteiger charge is -2.13. The van der Waals surface area contributed by atoms with E-state index in [2.05, 4.69) is 21.9 Å². The Morgan fingerprint density at radius 2 is 2.11 bits per heavy atom. The molecule has 0 spiro atoms. The van der Waals surface area contributed by atoms with Gasteiger partial charge < -0.3 is 10.4 Å². The molecule has 0 aliphatic rings. The number of aliphatic hydroxyl groups is 1. The number of nitrogens with zero attached hydrogens (tertiary/aromatic N) is 2. The summed E-state index contributed by atoms with van der Waals surface area (Å²) < 4.78 is 0. The molecule has 2 aromatic heterocycles. The summed E-state index contributed by atoms with van der Waals surface area (Å²) in [7, 11) is 0. The van der Waals surface area contributed by atoms with E-state index in [-0.39, 0.29) is 5.57 Å². The van der Waals surface area contributed by atoms with Gasteiger partial charge >= 0.3 is 0 Å². The van der Waals surface area contributed by atoms with Crippen LogP contribution < -0.4 is 5.32 Å². The second-order valence-electron chi connectivity index (χ2n) is 3.88. The highest BCUT2D eigenvalue weighted by atomic mass is 16.3. The number of aromatic nitrogens is 2. The summed E-state index contributed by atoms with van der Waals surface area (Å²) in [6.45, 7) is 3.61. The molecule has 2 heterocycles. The Morgan fingerprint density at radius 3 is 2.74 bits per heavy atom. The molecule has 0 saturated carbocycles. The van der Waals surface area contributed by atoms with E-state index in [0.29, 0.717) is 11.4 Å². The summed E-state index contributed by atoms with van der Waals surface area (Å²) in [5.74, 6) is -0.0675. The third-order valence-electron chi connectivity index (χ3n) is 2.53. The number of pyridine rings is 2. The topological polar surface area (TPSA) is 75.1 Å². The Hall–Kier alpha value is -2.53. The number of aliphatic hydroxyl groups excluding tert-OH is 1. The molecule has 96 valence electrons. The average Bonchev–Trinajstić information content (AvgIpc) is 2.47. The van der Waals surface area contributed by atoms with Crippen molar-refractivity contribution in [2.75, 3.05) is 5.32 Å². The van der Waals surface area contributed by atoms with Crippen molar-refractivity contribution in [3.05, 3.63) is 66.6 Å². The van der Waals surface area contributed by atoms with E-state index in [4.69, 9.17) is 0 Å². The molecule has 1 unspecified atom stereocenters. The third kappa shape index (κ3) is 3.23. The summed E-state index contributed by atoms with van der Waals surface area (Å²) in [5.41, 5.74) is 0.558. The third-order valence-corrected chi connectivity index (χ3v) is 2.53. The minimum Gasteiger partial charge on any atom is -0.383 e. The van der Waals surface area contributed by atoms with Gasteiger partial charge in [0.2, 0.25) is 0 Å². The van der Waals surface area contributed by atoms with Crippen LogP contribution in [-0.2, 0) is 4.79 Å². The maximum atomic E-state index is 11.9. The number of carbonyl (C=O) groups is 1. The fraction of sp³-hybridized carbons (Fsp3) is 0.0714. The molecule has 0 saturated heterocycles. The summed E-state index contributed by atoms with van der Waals surface area (Å²) in [5, 5.41) is 12.6. The number of rotatable bonds is 4. The Bertz CT molecular complexity index is 570. The van der Waals surface area contributed by atoms with Crippen LogP contribution in [0.1, 0.15) is 11.7 Å². The fourth-order valence-corrected chi connectivity index (χ4v) is 1.50. The molecular weight excluding hydrogens is 242 g/mol. The highest BCUT2D eigenvalue weighted by Gasteiger charge is 2.18. The SMILES string of the molecule is C=C(C(=O)Nc1ccccn1)C(O)c1cccnc1. The maximum absolute atomic E-state index is 11.9. The van der Waals surface area contributed by atoms with E-state index >= 15 is 0 Å². The quantitative estimate of drug-likeness (QED) is 0.815. The van der Waals surface area contributed by atoms with Gasteiger partial charge in [0.15, 0.2) is 0 Å². The number of hydrogen-bond acceptors (Lipinski definition) is 4. The molecule has 0 aliphatic carbocycles. The summed E-state index contributed by atoms with van der Waals surface area (Å²) >= 11 is 0. The fourth-order valence-electron chi connectivity index (χ4n) is 1.50. The molecule has 5 heteroatoms. The number of amides is 1. The highest BCUT2D eigenvalue weighted by Crippen LogP contribution is 2.20. The molecule has 2 N–H and O–H groups in total. The predicted molar refractivity (Wildman–Crippen MR) is 71.2 cm³/mol. The molecule has 19 heavy (non-hydrogen) atoms. The molecule has 1 atom stereocenters. The number of carbonyl (C=O) groups excluding carboxylic acids is 1. The molecule has 0 bridgehead atoms. The van der Waals surface area contributed by atoms with Crippen molar-refractivity contribution in [2.24, 2.45) is 0 Å². The largest absolute Gasteiger partial charge is 0.383 e. The number of nitrogens with one attached hydrogen (secondary N) is 1. The maximum Gasteiger partial charge on any atom is 0.255 e. The van der Waals surface area contributed by atoms with Crippen molar-refractivity contribution >= 4 is 11.7 Å². The van der Waals surface area contributed by atoms with Gasteiger partial charge in [-0.25, -0.2) is 4.98 Å². The van der Waals surface area contributed by atoms with Gasteiger partial charge in [-0.05, 0) is 18.2 Å². The van der Waals surface area contributed by atoms with Crippen molar-refractivity contribution in [3.8, 4) is 0 Å². The molecule has 1 amide bonds. The van der Waals surface area contributed by atoms with Crippen LogP contribution in [0.25, 0.3) is 0 Å². The van der Waals surface area contributed by atoms with Crippen molar-refractivity contribution in [1.29, 1.82) is 0 Å². The second-order valence-corrected chi connectivity index (χ2v) is 3.88. The molecule has 2 rings (SSSR count). The van der Waals surface area contributed by atoms with Crippen LogP contribution >= 0.6 is 0 Å². The van der Waals surface area contributed by atoms with E-state index in [1.807, 2.05) is 0 Å². The van der Waals surface area contributed by atoms with Gasteiger partial charge in [0.05, 0.1) is 0 Å². The first-order chi connectivity index (χ1) is 9.18. The van der Waals surface area contributed by atoms with Crippen LogP contribution in [-0.4, -0.2) is 21.0 Å². The van der Waals surface area contributed by atoms with Gasteiger partial charge in [0, 0.05) is 29.7 Å². The van der Waals surface area contributed by atoms with Gasteiger partial charge in [-0.15, -0.1) is 0 Å². The molecule has 2 aromatic rings. The molecule has 0 aliphatic heterocycles. The van der Waals surface area contributed by atoms with Crippen LogP contribution in [0.15, 0.2) is 61.1 Å². The normalized spacial score (nSPS) is 11.6. The number of anilines is 1. The Kier molecular flexibility index (Phi) is 4.00. The lowest BCUT2D eigenvalue weighted by molar-refractivity contribution is -0.113. The minimum absolute atomic E-state index is 0.0404. The van der Waals surface area contributed by atoms with Crippen LogP contribution in [0.2, 0.25) is 0 Å². The molecule has 0 aromatic carbocycles. The first kappa shape index (κ1) is 12.9. The minimum atomic E-state index is -1.09. The van der Waals surface area contributed by atoms with Crippen LogP contribution in [0.5, 0.6) is 0 Å². The number of hydrogen-bond donors (Lipinski definition) is 2. The Morgan fingerprint density at radius 1 is 1.26 bits per heavy atom. The predicted octanol–water partition coefficient (Wildman–Crippen LogP) is 1.70. The second kappa shape index (κ2) is 5.88. The molecular formula is C14H13N3O2. The van der Waals surface area contributed by atoms with Gasteiger partial charge in [0.25, 0.3) is 5.91 Å².